The van der Waals surface area contributed by atoms with Gasteiger partial charge in [-0.3, -0.25) is 9.78 Å². The molecule has 2 aromatic carbocycles. The molecule has 0 saturated carbocycles. The zero-order chi connectivity index (χ0) is 16.8. The third-order valence-corrected chi connectivity index (χ3v) is 3.68. The first-order valence-electron chi connectivity index (χ1n) is 7.71. The minimum absolute atomic E-state index is 0.0874. The van der Waals surface area contributed by atoms with Gasteiger partial charge in [0.2, 0.25) is 5.91 Å². The van der Waals surface area contributed by atoms with Gasteiger partial charge in [0.05, 0.1) is 13.0 Å². The van der Waals surface area contributed by atoms with Crippen LogP contribution in [0.5, 0.6) is 0 Å². The summed E-state index contributed by atoms with van der Waals surface area (Å²) in [5.41, 5.74) is 2.36. The number of hydrogen-bond donors (Lipinski definition) is 0. The highest BCUT2D eigenvalue weighted by Gasteiger charge is 2.17. The minimum atomic E-state index is -0.365. The zero-order valence-corrected chi connectivity index (χ0v) is 13.1. The Morgan fingerprint density at radius 1 is 0.958 bits per heavy atom. The van der Waals surface area contributed by atoms with Crippen molar-refractivity contribution in [1.82, 2.24) is 4.98 Å². The molecule has 0 N–H and O–H groups in total. The molecule has 4 heteroatoms. The molecule has 0 atom stereocenters. The summed E-state index contributed by atoms with van der Waals surface area (Å²) in [6.07, 6.45) is 3.65. The third-order valence-electron chi connectivity index (χ3n) is 3.68. The highest BCUT2D eigenvalue weighted by atomic mass is 19.1. The van der Waals surface area contributed by atoms with E-state index in [-0.39, 0.29) is 18.1 Å². The maximum absolute atomic E-state index is 13.6. The van der Waals surface area contributed by atoms with Crippen molar-refractivity contribution in [3.8, 4) is 0 Å². The average Bonchev–Trinajstić information content (AvgIpc) is 2.61. The third kappa shape index (κ3) is 4.04. The van der Waals surface area contributed by atoms with Crippen LogP contribution in [-0.2, 0) is 17.8 Å². The van der Waals surface area contributed by atoms with Crippen LogP contribution in [0.1, 0.15) is 11.1 Å². The Labute approximate surface area is 140 Å². The lowest BCUT2D eigenvalue weighted by atomic mass is 10.1. The van der Waals surface area contributed by atoms with E-state index in [0.717, 1.165) is 11.1 Å². The summed E-state index contributed by atoms with van der Waals surface area (Å²) >= 11 is 0. The van der Waals surface area contributed by atoms with Crippen molar-refractivity contribution in [3.63, 3.8) is 0 Å². The second-order valence-electron chi connectivity index (χ2n) is 5.48. The predicted octanol–water partition coefficient (Wildman–Crippen LogP) is 4.00. The summed E-state index contributed by atoms with van der Waals surface area (Å²) in [5, 5.41) is 0. The molecule has 1 amide bonds. The smallest absolute Gasteiger partial charge is 0.231 e. The summed E-state index contributed by atoms with van der Waals surface area (Å²) in [7, 11) is 0. The second-order valence-corrected chi connectivity index (χ2v) is 5.48. The largest absolute Gasteiger partial charge is 0.308 e. The van der Waals surface area contributed by atoms with E-state index in [4.69, 9.17) is 0 Å². The van der Waals surface area contributed by atoms with Crippen molar-refractivity contribution in [2.24, 2.45) is 0 Å². The normalized spacial score (nSPS) is 10.4. The van der Waals surface area contributed by atoms with Crippen LogP contribution >= 0.6 is 0 Å². The maximum atomic E-state index is 13.6. The molecule has 0 radical (unpaired) electrons. The van der Waals surface area contributed by atoms with Gasteiger partial charge >= 0.3 is 0 Å². The van der Waals surface area contributed by atoms with Crippen molar-refractivity contribution in [2.75, 3.05) is 4.90 Å². The second kappa shape index (κ2) is 7.51. The molecule has 0 bridgehead atoms. The number of carbonyl (C=O) groups excluding carboxylic acids is 1. The molecule has 0 aliphatic rings. The molecule has 3 aromatic rings. The Morgan fingerprint density at radius 2 is 1.75 bits per heavy atom. The van der Waals surface area contributed by atoms with Crippen molar-refractivity contribution < 1.29 is 9.18 Å². The molecule has 0 unspecified atom stereocenters. The topological polar surface area (TPSA) is 33.2 Å². The van der Waals surface area contributed by atoms with Gasteiger partial charge in [0.15, 0.2) is 0 Å². The highest BCUT2D eigenvalue weighted by Crippen LogP contribution is 2.20. The summed E-state index contributed by atoms with van der Waals surface area (Å²) in [6, 6.07) is 19.3. The predicted molar refractivity (Wildman–Crippen MR) is 92.0 cm³/mol. The van der Waals surface area contributed by atoms with E-state index >= 15 is 0 Å². The number of carbonyl (C=O) groups is 1. The zero-order valence-electron chi connectivity index (χ0n) is 13.1. The van der Waals surface area contributed by atoms with E-state index in [1.54, 1.807) is 29.4 Å². The Bertz CT molecular complexity index is 806. The van der Waals surface area contributed by atoms with Crippen LogP contribution in [0.2, 0.25) is 0 Å². The number of halogens is 1. The van der Waals surface area contributed by atoms with E-state index in [1.165, 1.54) is 12.1 Å². The fraction of sp³-hybridized carbons (Fsp3) is 0.100. The molecule has 3 nitrogen and oxygen atoms in total. The quantitative estimate of drug-likeness (QED) is 0.712. The first-order chi connectivity index (χ1) is 11.7. The van der Waals surface area contributed by atoms with Gasteiger partial charge in [-0.25, -0.2) is 4.39 Å². The Morgan fingerprint density at radius 3 is 2.46 bits per heavy atom. The molecule has 3 rings (SSSR count). The molecule has 0 aliphatic heterocycles. The molecule has 24 heavy (non-hydrogen) atoms. The van der Waals surface area contributed by atoms with Crippen molar-refractivity contribution in [2.45, 2.75) is 13.0 Å². The number of amides is 1. The first-order valence-corrected chi connectivity index (χ1v) is 7.71. The van der Waals surface area contributed by atoms with Gasteiger partial charge in [0.25, 0.3) is 0 Å². The highest BCUT2D eigenvalue weighted by molar-refractivity contribution is 5.94. The monoisotopic (exact) mass is 320 g/mol. The molecular formula is C20H17FN2O. The van der Waals surface area contributed by atoms with Gasteiger partial charge < -0.3 is 4.90 Å². The SMILES string of the molecule is O=C(Cc1ccccc1)N(Cc1cccnc1)c1cccc(F)c1. The molecule has 0 fully saturated rings. The van der Waals surface area contributed by atoms with Crippen LogP contribution < -0.4 is 4.90 Å². The van der Waals surface area contributed by atoms with Gasteiger partial charge in [-0.2, -0.15) is 0 Å². The molecule has 1 aromatic heterocycles. The van der Waals surface area contributed by atoms with E-state index in [9.17, 15) is 9.18 Å². The number of hydrogen-bond acceptors (Lipinski definition) is 2. The van der Waals surface area contributed by atoms with E-state index < -0.39 is 0 Å². The van der Waals surface area contributed by atoms with E-state index in [1.807, 2.05) is 42.5 Å². The summed E-state index contributed by atoms with van der Waals surface area (Å²) in [5.74, 6) is -0.452. The number of rotatable bonds is 5. The Hall–Kier alpha value is -3.01. The number of anilines is 1. The molecule has 120 valence electrons. The maximum Gasteiger partial charge on any atom is 0.231 e. The number of nitrogens with zero attached hydrogens (tertiary/aromatic N) is 2. The van der Waals surface area contributed by atoms with Crippen LogP contribution in [0.25, 0.3) is 0 Å². The standard InChI is InChI=1S/C20H17FN2O/c21-18-9-4-10-19(13-18)23(15-17-8-5-11-22-14-17)20(24)12-16-6-2-1-3-7-16/h1-11,13-14H,12,15H2. The van der Waals surface area contributed by atoms with E-state index in [2.05, 4.69) is 4.98 Å². The number of aromatic nitrogens is 1. The lowest BCUT2D eigenvalue weighted by molar-refractivity contribution is -0.118. The van der Waals surface area contributed by atoms with Gasteiger partial charge in [-0.1, -0.05) is 42.5 Å². The molecule has 0 spiro atoms. The Balaban J connectivity index is 1.87. The van der Waals surface area contributed by atoms with Crippen LogP contribution in [0.4, 0.5) is 10.1 Å². The van der Waals surface area contributed by atoms with Gasteiger partial charge in [0.1, 0.15) is 5.82 Å². The van der Waals surface area contributed by atoms with Crippen LogP contribution in [-0.4, -0.2) is 10.9 Å². The van der Waals surface area contributed by atoms with Crippen LogP contribution in [0.3, 0.4) is 0 Å². The average molecular weight is 320 g/mol. The summed E-state index contributed by atoms with van der Waals surface area (Å²) in [6.45, 7) is 0.350. The van der Waals surface area contributed by atoms with Gasteiger partial charge in [-0.15, -0.1) is 0 Å². The Kier molecular flexibility index (Phi) is 4.96. The van der Waals surface area contributed by atoms with Crippen molar-refractivity contribution >= 4 is 11.6 Å². The van der Waals surface area contributed by atoms with Gasteiger partial charge in [0, 0.05) is 18.1 Å². The minimum Gasteiger partial charge on any atom is -0.308 e. The van der Waals surface area contributed by atoms with Crippen molar-refractivity contribution in [3.05, 3.63) is 96.1 Å². The fourth-order valence-corrected chi connectivity index (χ4v) is 2.51. The number of pyridine rings is 1. The lowest BCUT2D eigenvalue weighted by Crippen LogP contribution is -2.31. The van der Waals surface area contributed by atoms with Gasteiger partial charge in [-0.05, 0) is 35.4 Å². The lowest BCUT2D eigenvalue weighted by Gasteiger charge is -2.23. The number of benzene rings is 2. The molecule has 0 saturated heterocycles. The van der Waals surface area contributed by atoms with Crippen LogP contribution in [0.15, 0.2) is 79.1 Å². The molecule has 1 heterocycles. The van der Waals surface area contributed by atoms with Crippen molar-refractivity contribution in [1.29, 1.82) is 0 Å². The molecular weight excluding hydrogens is 303 g/mol. The fourth-order valence-electron chi connectivity index (χ4n) is 2.51. The summed E-state index contributed by atoms with van der Waals surface area (Å²) < 4.78 is 13.6. The molecule has 0 aliphatic carbocycles. The van der Waals surface area contributed by atoms with Crippen LogP contribution in [0, 0.1) is 5.82 Å². The van der Waals surface area contributed by atoms with E-state index in [0.29, 0.717) is 12.2 Å². The first kappa shape index (κ1) is 15.9. The summed E-state index contributed by atoms with van der Waals surface area (Å²) in [4.78, 5) is 18.5.